The molecule has 0 aliphatic carbocycles. The van der Waals surface area contributed by atoms with E-state index in [-0.39, 0.29) is 11.2 Å². The van der Waals surface area contributed by atoms with Crippen molar-refractivity contribution in [3.8, 4) is 0 Å². The predicted molar refractivity (Wildman–Crippen MR) is 80.5 cm³/mol. The number of hydrogen-bond donors (Lipinski definition) is 1. The van der Waals surface area contributed by atoms with Crippen LogP contribution in [0.1, 0.15) is 43.7 Å². The number of nitrogens with zero attached hydrogens (tertiary/aromatic N) is 1. The minimum atomic E-state index is 0.0644. The average molecular weight is 274 g/mol. The molecule has 0 radical (unpaired) electrons. The van der Waals surface area contributed by atoms with Crippen LogP contribution in [0.25, 0.3) is 0 Å². The van der Waals surface area contributed by atoms with Gasteiger partial charge >= 0.3 is 0 Å². The standard InChI is InChI=1S/C15H18N2OS/c1-10(18)11-5-7-12(8-6-11)16-14-17-13(9-19-14)15(2,3)4/h5-9H,1-4H3,(H,16,17). The smallest absolute Gasteiger partial charge is 0.187 e. The average Bonchev–Trinajstić information content (AvgIpc) is 2.78. The highest BCUT2D eigenvalue weighted by molar-refractivity contribution is 7.13. The highest BCUT2D eigenvalue weighted by Crippen LogP contribution is 2.28. The Balaban J connectivity index is 2.13. The highest BCUT2D eigenvalue weighted by Gasteiger charge is 2.17. The summed E-state index contributed by atoms with van der Waals surface area (Å²) in [6, 6.07) is 7.44. The number of thiazole rings is 1. The molecular weight excluding hydrogens is 256 g/mol. The molecule has 0 bridgehead atoms. The van der Waals surface area contributed by atoms with Crippen molar-refractivity contribution in [3.05, 3.63) is 40.9 Å². The van der Waals surface area contributed by atoms with E-state index in [0.29, 0.717) is 0 Å². The molecule has 0 saturated heterocycles. The second-order valence-electron chi connectivity index (χ2n) is 5.55. The Bertz CT molecular complexity index is 579. The van der Waals surface area contributed by atoms with E-state index in [0.717, 1.165) is 22.1 Å². The maximum atomic E-state index is 11.2. The third-order valence-electron chi connectivity index (χ3n) is 2.82. The quantitative estimate of drug-likeness (QED) is 0.844. The van der Waals surface area contributed by atoms with Gasteiger partial charge in [0.2, 0.25) is 0 Å². The normalized spacial score (nSPS) is 11.4. The van der Waals surface area contributed by atoms with Crippen molar-refractivity contribution >= 4 is 27.9 Å². The summed E-state index contributed by atoms with van der Waals surface area (Å²) in [4.78, 5) is 15.8. The zero-order valence-electron chi connectivity index (χ0n) is 11.7. The van der Waals surface area contributed by atoms with E-state index in [1.165, 1.54) is 0 Å². The van der Waals surface area contributed by atoms with Crippen molar-refractivity contribution in [2.45, 2.75) is 33.1 Å². The SMILES string of the molecule is CC(=O)c1ccc(Nc2nc(C(C)(C)C)cs2)cc1. The molecule has 0 amide bonds. The number of nitrogens with one attached hydrogen (secondary N) is 1. The third kappa shape index (κ3) is 3.41. The van der Waals surface area contributed by atoms with Crippen molar-refractivity contribution < 1.29 is 4.79 Å². The Kier molecular flexibility index (Phi) is 3.71. The summed E-state index contributed by atoms with van der Waals surface area (Å²) in [5.41, 5.74) is 2.81. The second-order valence-corrected chi connectivity index (χ2v) is 6.40. The van der Waals surface area contributed by atoms with Crippen molar-refractivity contribution in [2.24, 2.45) is 0 Å². The number of Topliss-reactive ketones (excluding diaryl/α,β-unsaturated/α-hetero) is 1. The summed E-state index contributed by atoms with van der Waals surface area (Å²) in [6.07, 6.45) is 0. The molecule has 2 rings (SSSR count). The van der Waals surface area contributed by atoms with E-state index < -0.39 is 0 Å². The van der Waals surface area contributed by atoms with Crippen molar-refractivity contribution in [2.75, 3.05) is 5.32 Å². The molecule has 1 aromatic carbocycles. The number of carbonyl (C=O) groups is 1. The number of anilines is 2. The Hall–Kier alpha value is -1.68. The number of benzene rings is 1. The number of rotatable bonds is 3. The molecule has 4 heteroatoms. The second kappa shape index (κ2) is 5.13. The van der Waals surface area contributed by atoms with Crippen LogP contribution in [-0.4, -0.2) is 10.8 Å². The van der Waals surface area contributed by atoms with Gasteiger partial charge < -0.3 is 5.32 Å². The Labute approximate surface area is 117 Å². The molecular formula is C15H18N2OS. The molecule has 1 heterocycles. The zero-order chi connectivity index (χ0) is 14.0. The monoisotopic (exact) mass is 274 g/mol. The Morgan fingerprint density at radius 1 is 1.21 bits per heavy atom. The van der Waals surface area contributed by atoms with Gasteiger partial charge in [-0.1, -0.05) is 20.8 Å². The third-order valence-corrected chi connectivity index (χ3v) is 3.57. The minimum Gasteiger partial charge on any atom is -0.332 e. The fraction of sp³-hybridized carbons (Fsp3) is 0.333. The number of carbonyl (C=O) groups excluding carboxylic acids is 1. The molecule has 0 saturated carbocycles. The van der Waals surface area contributed by atoms with E-state index in [1.54, 1.807) is 18.3 Å². The van der Waals surface area contributed by atoms with Crippen LogP contribution in [0, 0.1) is 0 Å². The highest BCUT2D eigenvalue weighted by atomic mass is 32.1. The van der Waals surface area contributed by atoms with E-state index in [9.17, 15) is 4.79 Å². The summed E-state index contributed by atoms with van der Waals surface area (Å²) in [7, 11) is 0. The minimum absolute atomic E-state index is 0.0644. The van der Waals surface area contributed by atoms with E-state index in [1.807, 2.05) is 24.3 Å². The molecule has 0 aliphatic heterocycles. The molecule has 3 nitrogen and oxygen atoms in total. The van der Waals surface area contributed by atoms with Gasteiger partial charge in [0, 0.05) is 22.0 Å². The Morgan fingerprint density at radius 2 is 1.84 bits per heavy atom. The van der Waals surface area contributed by atoms with Crippen molar-refractivity contribution in [1.82, 2.24) is 4.98 Å². The van der Waals surface area contributed by atoms with Crippen LogP contribution in [0.2, 0.25) is 0 Å². The molecule has 0 fully saturated rings. The molecule has 0 unspecified atom stereocenters. The van der Waals surface area contributed by atoms with E-state index >= 15 is 0 Å². The van der Waals surface area contributed by atoms with Crippen molar-refractivity contribution in [3.63, 3.8) is 0 Å². The fourth-order valence-electron chi connectivity index (χ4n) is 1.59. The largest absolute Gasteiger partial charge is 0.332 e. The molecule has 1 N–H and O–H groups in total. The molecule has 100 valence electrons. The van der Waals surface area contributed by atoms with Gasteiger partial charge in [-0.3, -0.25) is 4.79 Å². The fourth-order valence-corrected chi connectivity index (χ4v) is 2.54. The molecule has 0 aliphatic rings. The van der Waals surface area contributed by atoms with Gasteiger partial charge in [0.15, 0.2) is 10.9 Å². The molecule has 0 atom stereocenters. The summed E-state index contributed by atoms with van der Waals surface area (Å²) in [5, 5.41) is 6.21. The number of hydrogen-bond acceptors (Lipinski definition) is 4. The van der Waals surface area contributed by atoms with Crippen LogP contribution in [0.5, 0.6) is 0 Å². The first kappa shape index (κ1) is 13.7. The topological polar surface area (TPSA) is 42.0 Å². The molecule has 19 heavy (non-hydrogen) atoms. The summed E-state index contributed by atoms with van der Waals surface area (Å²) in [6.45, 7) is 8.01. The first-order valence-corrected chi connectivity index (χ1v) is 7.08. The lowest BCUT2D eigenvalue weighted by molar-refractivity contribution is 0.101. The lowest BCUT2D eigenvalue weighted by Gasteiger charge is -2.14. The van der Waals surface area contributed by atoms with Gasteiger partial charge in [-0.05, 0) is 31.2 Å². The van der Waals surface area contributed by atoms with E-state index in [4.69, 9.17) is 0 Å². The van der Waals surface area contributed by atoms with Gasteiger partial charge in [0.05, 0.1) is 5.69 Å². The first-order valence-electron chi connectivity index (χ1n) is 6.20. The lowest BCUT2D eigenvalue weighted by Crippen LogP contribution is -2.11. The zero-order valence-corrected chi connectivity index (χ0v) is 12.5. The van der Waals surface area contributed by atoms with Gasteiger partial charge in [0.25, 0.3) is 0 Å². The molecule has 2 aromatic rings. The summed E-state index contributed by atoms with van der Waals surface area (Å²) in [5.74, 6) is 0.0795. The van der Waals surface area contributed by atoms with Crippen LogP contribution >= 0.6 is 11.3 Å². The van der Waals surface area contributed by atoms with Crippen molar-refractivity contribution in [1.29, 1.82) is 0 Å². The number of aromatic nitrogens is 1. The Morgan fingerprint density at radius 3 is 2.32 bits per heavy atom. The van der Waals surface area contributed by atoms with Gasteiger partial charge in [-0.2, -0.15) is 0 Å². The molecule has 0 spiro atoms. The van der Waals surface area contributed by atoms with Gasteiger partial charge in [0.1, 0.15) is 0 Å². The predicted octanol–water partition coefficient (Wildman–Crippen LogP) is 4.39. The maximum absolute atomic E-state index is 11.2. The lowest BCUT2D eigenvalue weighted by atomic mass is 9.93. The maximum Gasteiger partial charge on any atom is 0.187 e. The van der Waals surface area contributed by atoms with E-state index in [2.05, 4.69) is 36.5 Å². The summed E-state index contributed by atoms with van der Waals surface area (Å²) < 4.78 is 0. The van der Waals surface area contributed by atoms with Crippen LogP contribution in [-0.2, 0) is 5.41 Å². The van der Waals surface area contributed by atoms with Crippen LogP contribution in [0.15, 0.2) is 29.6 Å². The summed E-state index contributed by atoms with van der Waals surface area (Å²) >= 11 is 1.59. The number of ketones is 1. The molecule has 1 aromatic heterocycles. The van der Waals surface area contributed by atoms with Gasteiger partial charge in [-0.25, -0.2) is 4.98 Å². The van der Waals surface area contributed by atoms with Crippen LogP contribution < -0.4 is 5.32 Å². The van der Waals surface area contributed by atoms with Crippen LogP contribution in [0.3, 0.4) is 0 Å². The van der Waals surface area contributed by atoms with Crippen LogP contribution in [0.4, 0.5) is 10.8 Å². The van der Waals surface area contributed by atoms with Gasteiger partial charge in [-0.15, -0.1) is 11.3 Å². The first-order chi connectivity index (χ1) is 8.86.